The summed E-state index contributed by atoms with van der Waals surface area (Å²) in [6.07, 6.45) is 17.8. The van der Waals surface area contributed by atoms with Gasteiger partial charge in [-0.1, -0.05) is 88.8 Å². The van der Waals surface area contributed by atoms with Crippen LogP contribution in [0.25, 0.3) is 23.1 Å². The predicted octanol–water partition coefficient (Wildman–Crippen LogP) is 7.93. The van der Waals surface area contributed by atoms with Gasteiger partial charge in [-0.05, 0) is 48.6 Å². The molecule has 3 aromatic rings. The Hall–Kier alpha value is -2.70. The van der Waals surface area contributed by atoms with Gasteiger partial charge in [0.2, 0.25) is 5.52 Å². The molecule has 1 aromatic heterocycles. The van der Waals surface area contributed by atoms with Crippen LogP contribution < -0.4 is 9.47 Å². The molecule has 0 atom stereocenters. The van der Waals surface area contributed by atoms with Crippen LogP contribution >= 0.6 is 0 Å². The van der Waals surface area contributed by atoms with E-state index in [-0.39, 0.29) is 5.75 Å². The second-order valence-electron chi connectivity index (χ2n) is 10.5. The van der Waals surface area contributed by atoms with E-state index in [0.717, 1.165) is 29.6 Å². The standard InChI is InChI=1S/C33H46N2O3S/c1-3-5-7-11-24-34(25-12-8-6-4-2)31-21-18-29(19-22-31)17-20-30-23-27-35(26-13-14-28-39(36,37)38)33-16-10-9-15-32(30)33/h9-10,15-23,27H,3-8,11-14,24-26,28H2,1-2H3/p+1. The fourth-order valence-corrected chi connectivity index (χ4v) is 5.60. The Balaban J connectivity index is 1.68. The molecule has 212 valence electrons. The van der Waals surface area contributed by atoms with Crippen molar-refractivity contribution >= 4 is 38.9 Å². The minimum atomic E-state index is -3.90. The van der Waals surface area contributed by atoms with Gasteiger partial charge in [0.15, 0.2) is 6.20 Å². The molecule has 0 spiro atoms. The molecule has 0 aliphatic rings. The Kier molecular flexibility index (Phi) is 13.0. The zero-order chi connectivity index (χ0) is 27.9. The molecule has 5 nitrogen and oxygen atoms in total. The van der Waals surface area contributed by atoms with E-state index < -0.39 is 10.1 Å². The fourth-order valence-electron chi connectivity index (χ4n) is 5.03. The van der Waals surface area contributed by atoms with E-state index in [0.29, 0.717) is 19.4 Å². The number of benzene rings is 2. The number of anilines is 1. The van der Waals surface area contributed by atoms with Crippen molar-refractivity contribution in [1.82, 2.24) is 0 Å². The molecule has 6 heteroatoms. The number of nitrogens with zero attached hydrogens (tertiary/aromatic N) is 2. The van der Waals surface area contributed by atoms with Gasteiger partial charge < -0.3 is 4.90 Å². The lowest BCUT2D eigenvalue weighted by Crippen LogP contribution is -2.34. The maximum Gasteiger partial charge on any atom is 0.264 e. The van der Waals surface area contributed by atoms with Gasteiger partial charge >= 0.3 is 0 Å². The highest BCUT2D eigenvalue weighted by Crippen LogP contribution is 2.21. The second kappa shape index (κ2) is 16.4. The molecule has 0 bridgehead atoms. The van der Waals surface area contributed by atoms with Crippen molar-refractivity contribution in [2.45, 2.75) is 84.6 Å². The Bertz CT molecular complexity index is 1260. The Morgan fingerprint density at radius 1 is 0.769 bits per heavy atom. The first-order valence-electron chi connectivity index (χ1n) is 14.8. The molecular formula is C33H47N2O3S+. The molecule has 39 heavy (non-hydrogen) atoms. The van der Waals surface area contributed by atoms with Crippen molar-refractivity contribution in [2.24, 2.45) is 0 Å². The van der Waals surface area contributed by atoms with E-state index in [1.54, 1.807) is 0 Å². The van der Waals surface area contributed by atoms with E-state index >= 15 is 0 Å². The summed E-state index contributed by atoms with van der Waals surface area (Å²) in [6, 6.07) is 19.4. The fraction of sp³-hybridized carbons (Fsp3) is 0.485. The zero-order valence-corrected chi connectivity index (χ0v) is 24.7. The lowest BCUT2D eigenvalue weighted by molar-refractivity contribution is -0.671. The molecular weight excluding hydrogens is 504 g/mol. The molecule has 0 unspecified atom stereocenters. The van der Waals surface area contributed by atoms with Crippen molar-refractivity contribution in [3.8, 4) is 0 Å². The maximum absolute atomic E-state index is 11.0. The Morgan fingerprint density at radius 2 is 1.44 bits per heavy atom. The van der Waals surface area contributed by atoms with Crippen LogP contribution in [0.5, 0.6) is 0 Å². The van der Waals surface area contributed by atoms with Crippen molar-refractivity contribution in [3.63, 3.8) is 0 Å². The summed E-state index contributed by atoms with van der Waals surface area (Å²) in [4.78, 5) is 2.57. The number of hydrogen-bond donors (Lipinski definition) is 1. The SMILES string of the molecule is CCCCCCN(CCCCCC)c1ccc(/C=C/c2cc[n+](CCCCS(=O)(=O)O)c3ccccc23)cc1. The molecule has 0 saturated carbocycles. The average molecular weight is 552 g/mol. The van der Waals surface area contributed by atoms with Crippen LogP contribution in [0.15, 0.2) is 60.8 Å². The third-order valence-electron chi connectivity index (χ3n) is 7.29. The predicted molar refractivity (Wildman–Crippen MR) is 166 cm³/mol. The topological polar surface area (TPSA) is 61.5 Å². The summed E-state index contributed by atoms with van der Waals surface area (Å²) < 4.78 is 33.1. The van der Waals surface area contributed by atoms with Crippen molar-refractivity contribution in [2.75, 3.05) is 23.7 Å². The largest absolute Gasteiger partial charge is 0.372 e. The van der Waals surface area contributed by atoms with Gasteiger partial charge in [-0.2, -0.15) is 13.0 Å². The number of hydrogen-bond acceptors (Lipinski definition) is 3. The van der Waals surface area contributed by atoms with E-state index in [1.165, 1.54) is 62.6 Å². The monoisotopic (exact) mass is 551 g/mol. The normalized spacial score (nSPS) is 12.0. The van der Waals surface area contributed by atoms with Gasteiger partial charge in [-0.25, -0.2) is 0 Å². The number of fused-ring (bicyclic) bond motifs is 1. The number of para-hydroxylation sites is 1. The Labute approximate surface area is 236 Å². The average Bonchev–Trinajstić information content (AvgIpc) is 2.93. The minimum Gasteiger partial charge on any atom is -0.372 e. The van der Waals surface area contributed by atoms with Crippen LogP contribution in [0.2, 0.25) is 0 Å². The van der Waals surface area contributed by atoms with Crippen LogP contribution in [0.4, 0.5) is 5.69 Å². The van der Waals surface area contributed by atoms with Crippen LogP contribution in [-0.2, 0) is 16.7 Å². The third kappa shape index (κ3) is 10.8. The molecule has 1 N–H and O–H groups in total. The van der Waals surface area contributed by atoms with Gasteiger partial charge in [-0.3, -0.25) is 4.55 Å². The van der Waals surface area contributed by atoms with Gasteiger partial charge in [0, 0.05) is 37.3 Å². The first-order chi connectivity index (χ1) is 18.9. The van der Waals surface area contributed by atoms with E-state index in [9.17, 15) is 8.42 Å². The molecule has 1 heterocycles. The number of aromatic nitrogens is 1. The number of pyridine rings is 1. The smallest absolute Gasteiger partial charge is 0.264 e. The van der Waals surface area contributed by atoms with Crippen molar-refractivity contribution in [1.29, 1.82) is 0 Å². The van der Waals surface area contributed by atoms with Gasteiger partial charge in [0.05, 0.1) is 11.1 Å². The van der Waals surface area contributed by atoms with Crippen LogP contribution in [0.1, 0.15) is 89.2 Å². The number of aryl methyl sites for hydroxylation is 1. The molecule has 0 radical (unpaired) electrons. The second-order valence-corrected chi connectivity index (χ2v) is 12.1. The summed E-state index contributed by atoms with van der Waals surface area (Å²) in [5.41, 5.74) is 4.77. The molecule has 0 amide bonds. The van der Waals surface area contributed by atoms with Crippen molar-refractivity contribution in [3.05, 3.63) is 71.9 Å². The highest BCUT2D eigenvalue weighted by atomic mass is 32.2. The van der Waals surface area contributed by atoms with Gasteiger partial charge in [0.25, 0.3) is 10.1 Å². The molecule has 3 rings (SSSR count). The first kappa shape index (κ1) is 30.8. The molecule has 0 saturated heterocycles. The summed E-state index contributed by atoms with van der Waals surface area (Å²) in [6.45, 7) is 7.50. The molecule has 0 aliphatic carbocycles. The number of unbranched alkanes of at least 4 members (excludes halogenated alkanes) is 7. The van der Waals surface area contributed by atoms with Gasteiger partial charge in [-0.15, -0.1) is 0 Å². The van der Waals surface area contributed by atoms with Crippen LogP contribution in [0.3, 0.4) is 0 Å². The Morgan fingerprint density at radius 3 is 2.08 bits per heavy atom. The van der Waals surface area contributed by atoms with E-state index in [1.807, 2.05) is 12.1 Å². The summed E-state index contributed by atoms with van der Waals surface area (Å²) in [5, 5.41) is 1.16. The molecule has 0 aliphatic heterocycles. The highest BCUT2D eigenvalue weighted by Gasteiger charge is 2.12. The molecule has 2 aromatic carbocycles. The van der Waals surface area contributed by atoms with Crippen LogP contribution in [-0.4, -0.2) is 31.8 Å². The highest BCUT2D eigenvalue weighted by molar-refractivity contribution is 7.85. The first-order valence-corrected chi connectivity index (χ1v) is 16.4. The van der Waals surface area contributed by atoms with Crippen molar-refractivity contribution < 1.29 is 17.5 Å². The zero-order valence-electron chi connectivity index (χ0n) is 23.9. The maximum atomic E-state index is 11.0. The van der Waals surface area contributed by atoms with Crippen LogP contribution in [0, 0.1) is 0 Å². The van der Waals surface area contributed by atoms with E-state index in [2.05, 4.69) is 84.1 Å². The van der Waals surface area contributed by atoms with E-state index in [4.69, 9.17) is 4.55 Å². The minimum absolute atomic E-state index is 0.194. The lowest BCUT2D eigenvalue weighted by atomic mass is 10.1. The van der Waals surface area contributed by atoms with Gasteiger partial charge in [0.1, 0.15) is 6.54 Å². The summed E-state index contributed by atoms with van der Waals surface area (Å²) >= 11 is 0. The summed E-state index contributed by atoms with van der Waals surface area (Å²) in [5.74, 6) is -0.194. The lowest BCUT2D eigenvalue weighted by Gasteiger charge is -2.25. The number of rotatable bonds is 18. The summed E-state index contributed by atoms with van der Waals surface area (Å²) in [7, 11) is -3.90. The third-order valence-corrected chi connectivity index (χ3v) is 8.09. The quantitative estimate of drug-likeness (QED) is 0.0990. The molecule has 0 fully saturated rings.